The number of hydrogen-bond acceptors (Lipinski definition) is 3. The summed E-state index contributed by atoms with van der Waals surface area (Å²) in [6.45, 7) is 13.8. The van der Waals surface area contributed by atoms with Gasteiger partial charge in [-0.3, -0.25) is 4.79 Å². The molecule has 3 amide bonds. The van der Waals surface area contributed by atoms with Gasteiger partial charge in [0.25, 0.3) is 0 Å². The number of anilines is 2. The van der Waals surface area contributed by atoms with E-state index >= 15 is 0 Å². The van der Waals surface area contributed by atoms with Crippen molar-refractivity contribution in [1.29, 1.82) is 0 Å². The summed E-state index contributed by atoms with van der Waals surface area (Å²) < 4.78 is 1.63. The van der Waals surface area contributed by atoms with Crippen LogP contribution in [0.3, 0.4) is 0 Å². The van der Waals surface area contributed by atoms with E-state index in [1.807, 2.05) is 70.2 Å². The normalized spacial score (nSPS) is 11.5. The summed E-state index contributed by atoms with van der Waals surface area (Å²) in [5, 5.41) is 11.1. The lowest BCUT2D eigenvalue weighted by molar-refractivity contribution is -0.117. The number of benzene rings is 2. The number of amides is 3. The lowest BCUT2D eigenvalue weighted by Gasteiger charge is -2.26. The fourth-order valence-electron chi connectivity index (χ4n) is 3.48. The van der Waals surface area contributed by atoms with Gasteiger partial charge in [0.15, 0.2) is 0 Å². The van der Waals surface area contributed by atoms with E-state index < -0.39 is 0 Å². The Balaban J connectivity index is 1.82. The Morgan fingerprint density at radius 3 is 2.31 bits per heavy atom. The van der Waals surface area contributed by atoms with Crippen LogP contribution in [0.5, 0.6) is 0 Å². The molecular formula is C27H34ClN5O2. The van der Waals surface area contributed by atoms with Crippen LogP contribution in [0.1, 0.15) is 51.4 Å². The molecule has 7 nitrogen and oxygen atoms in total. The summed E-state index contributed by atoms with van der Waals surface area (Å²) in [7, 11) is 0. The SMILES string of the molecule is Cc1ccc(NC(=O)N(CC(=O)Nc2cc(C(C)(C)C)nn2-c2ccccc2Cl)C(C)C)cc1C. The van der Waals surface area contributed by atoms with Gasteiger partial charge in [0.05, 0.1) is 16.4 Å². The maximum atomic E-state index is 13.1. The Morgan fingerprint density at radius 2 is 1.71 bits per heavy atom. The van der Waals surface area contributed by atoms with Crippen molar-refractivity contribution in [1.82, 2.24) is 14.7 Å². The minimum absolute atomic E-state index is 0.118. The van der Waals surface area contributed by atoms with Gasteiger partial charge in [0, 0.05) is 23.2 Å². The first-order valence-corrected chi connectivity index (χ1v) is 12.0. The molecule has 1 heterocycles. The van der Waals surface area contributed by atoms with E-state index in [4.69, 9.17) is 16.7 Å². The monoisotopic (exact) mass is 495 g/mol. The fourth-order valence-corrected chi connectivity index (χ4v) is 3.70. The van der Waals surface area contributed by atoms with E-state index in [0.717, 1.165) is 16.8 Å². The summed E-state index contributed by atoms with van der Waals surface area (Å²) >= 11 is 6.42. The van der Waals surface area contributed by atoms with Gasteiger partial charge < -0.3 is 15.5 Å². The van der Waals surface area contributed by atoms with Gasteiger partial charge in [0.2, 0.25) is 5.91 Å². The number of nitrogens with zero attached hydrogens (tertiary/aromatic N) is 3. The molecule has 0 spiro atoms. The van der Waals surface area contributed by atoms with Gasteiger partial charge in [-0.25, -0.2) is 9.48 Å². The molecule has 1 aromatic heterocycles. The first-order valence-electron chi connectivity index (χ1n) is 11.7. The third-order valence-corrected chi connectivity index (χ3v) is 6.10. The maximum absolute atomic E-state index is 13.1. The molecule has 0 saturated heterocycles. The Kier molecular flexibility index (Phi) is 7.90. The predicted octanol–water partition coefficient (Wildman–Crippen LogP) is 6.32. The molecule has 35 heavy (non-hydrogen) atoms. The Morgan fingerprint density at radius 1 is 1.03 bits per heavy atom. The zero-order valence-electron chi connectivity index (χ0n) is 21.4. The number of rotatable bonds is 6. The second-order valence-corrected chi connectivity index (χ2v) is 10.4. The van der Waals surface area contributed by atoms with Crippen LogP contribution in [0.2, 0.25) is 5.02 Å². The summed E-state index contributed by atoms with van der Waals surface area (Å²) in [6.07, 6.45) is 0. The van der Waals surface area contributed by atoms with Crippen molar-refractivity contribution < 1.29 is 9.59 Å². The number of carbonyl (C=O) groups is 2. The minimum atomic E-state index is -0.339. The van der Waals surface area contributed by atoms with Gasteiger partial charge in [0.1, 0.15) is 12.4 Å². The van der Waals surface area contributed by atoms with Gasteiger partial charge in [-0.05, 0) is 63.1 Å². The molecule has 0 aliphatic rings. The van der Waals surface area contributed by atoms with Crippen molar-refractivity contribution in [3.8, 4) is 5.69 Å². The largest absolute Gasteiger partial charge is 0.322 e. The molecule has 0 aliphatic carbocycles. The molecule has 3 aromatic rings. The highest BCUT2D eigenvalue weighted by atomic mass is 35.5. The number of halogens is 1. The lowest BCUT2D eigenvalue weighted by atomic mass is 9.92. The minimum Gasteiger partial charge on any atom is -0.313 e. The molecule has 0 unspecified atom stereocenters. The summed E-state index contributed by atoms with van der Waals surface area (Å²) in [5.41, 5.74) is 4.15. The third kappa shape index (κ3) is 6.42. The Hall–Kier alpha value is -3.32. The van der Waals surface area contributed by atoms with Gasteiger partial charge in [-0.1, -0.05) is 50.6 Å². The van der Waals surface area contributed by atoms with Crippen molar-refractivity contribution in [2.24, 2.45) is 0 Å². The number of nitrogens with one attached hydrogen (secondary N) is 2. The highest BCUT2D eigenvalue weighted by molar-refractivity contribution is 6.32. The summed E-state index contributed by atoms with van der Waals surface area (Å²) in [5.74, 6) is 0.161. The van der Waals surface area contributed by atoms with E-state index in [-0.39, 0.29) is 29.9 Å². The summed E-state index contributed by atoms with van der Waals surface area (Å²) in [6, 6.07) is 14.4. The van der Waals surface area contributed by atoms with Gasteiger partial charge in [-0.15, -0.1) is 0 Å². The van der Waals surface area contributed by atoms with Crippen LogP contribution < -0.4 is 10.6 Å². The Labute approximate surface area is 212 Å². The number of aromatic nitrogens is 2. The van der Waals surface area contributed by atoms with E-state index in [9.17, 15) is 9.59 Å². The van der Waals surface area contributed by atoms with Crippen molar-refractivity contribution in [3.05, 3.63) is 70.4 Å². The molecule has 0 saturated carbocycles. The van der Waals surface area contributed by atoms with Crippen molar-refractivity contribution in [2.45, 2.75) is 59.9 Å². The molecular weight excluding hydrogens is 462 g/mol. The fraction of sp³-hybridized carbons (Fsp3) is 0.370. The van der Waals surface area contributed by atoms with Crippen LogP contribution in [0.25, 0.3) is 5.69 Å². The number of hydrogen-bond donors (Lipinski definition) is 2. The third-order valence-electron chi connectivity index (χ3n) is 5.78. The molecule has 186 valence electrons. The van der Waals surface area contributed by atoms with Crippen LogP contribution >= 0.6 is 11.6 Å². The molecule has 3 rings (SSSR count). The molecule has 0 fully saturated rings. The highest BCUT2D eigenvalue weighted by Crippen LogP contribution is 2.29. The first kappa shape index (κ1) is 26.3. The molecule has 0 aliphatic heterocycles. The molecule has 0 radical (unpaired) electrons. The predicted molar refractivity (Wildman–Crippen MR) is 143 cm³/mol. The van der Waals surface area contributed by atoms with E-state index in [0.29, 0.717) is 22.2 Å². The standard InChI is InChI=1S/C27H34ClN5O2/c1-17(2)32(26(35)29-20-13-12-18(3)19(4)14-20)16-25(34)30-24-15-23(27(5,6)7)31-33(24)22-11-9-8-10-21(22)28/h8-15,17H,16H2,1-7H3,(H,29,35)(H,30,34). The quantitative estimate of drug-likeness (QED) is 0.420. The maximum Gasteiger partial charge on any atom is 0.322 e. The average molecular weight is 496 g/mol. The number of carbonyl (C=O) groups excluding carboxylic acids is 2. The molecule has 0 bridgehead atoms. The first-order chi connectivity index (χ1) is 16.4. The van der Waals surface area contributed by atoms with Crippen molar-refractivity contribution >= 4 is 35.0 Å². The molecule has 8 heteroatoms. The molecule has 2 aromatic carbocycles. The zero-order chi connectivity index (χ0) is 25.9. The Bertz CT molecular complexity index is 1230. The van der Waals surface area contributed by atoms with E-state index in [1.165, 1.54) is 4.90 Å². The van der Waals surface area contributed by atoms with Gasteiger partial charge in [-0.2, -0.15) is 5.10 Å². The van der Waals surface area contributed by atoms with Crippen molar-refractivity contribution in [2.75, 3.05) is 17.2 Å². The zero-order valence-corrected chi connectivity index (χ0v) is 22.2. The van der Waals surface area contributed by atoms with Crippen LogP contribution in [0, 0.1) is 13.8 Å². The molecule has 2 N–H and O–H groups in total. The van der Waals surface area contributed by atoms with Crippen molar-refractivity contribution in [3.63, 3.8) is 0 Å². The second-order valence-electron chi connectivity index (χ2n) is 10.0. The number of urea groups is 1. The average Bonchev–Trinajstić information content (AvgIpc) is 3.18. The number of para-hydroxylation sites is 1. The number of aryl methyl sites for hydroxylation is 2. The van der Waals surface area contributed by atoms with E-state index in [1.54, 1.807) is 10.7 Å². The van der Waals surface area contributed by atoms with Crippen LogP contribution in [-0.2, 0) is 10.2 Å². The van der Waals surface area contributed by atoms with Gasteiger partial charge >= 0.3 is 6.03 Å². The molecule has 0 atom stereocenters. The van der Waals surface area contributed by atoms with Crippen LogP contribution in [0.4, 0.5) is 16.3 Å². The highest BCUT2D eigenvalue weighted by Gasteiger charge is 2.24. The topological polar surface area (TPSA) is 79.3 Å². The lowest BCUT2D eigenvalue weighted by Crippen LogP contribution is -2.44. The van der Waals surface area contributed by atoms with Crippen LogP contribution in [-0.4, -0.2) is 39.2 Å². The summed E-state index contributed by atoms with van der Waals surface area (Å²) in [4.78, 5) is 27.6. The second kappa shape index (κ2) is 10.5. The van der Waals surface area contributed by atoms with Crippen LogP contribution in [0.15, 0.2) is 48.5 Å². The van der Waals surface area contributed by atoms with E-state index in [2.05, 4.69) is 31.4 Å². The smallest absolute Gasteiger partial charge is 0.313 e.